The van der Waals surface area contributed by atoms with Gasteiger partial charge in [0.25, 0.3) is 0 Å². The summed E-state index contributed by atoms with van der Waals surface area (Å²) >= 11 is 0. The van der Waals surface area contributed by atoms with Crippen LogP contribution in [0.25, 0.3) is 0 Å². The molecule has 14 nitrogen and oxygen atoms in total. The molecule has 1 aromatic carbocycles. The molecule has 0 aliphatic rings. The van der Waals surface area contributed by atoms with Crippen molar-refractivity contribution in [3.8, 4) is 0 Å². The topological polar surface area (TPSA) is 257 Å². The Morgan fingerprint density at radius 3 is 1.92 bits per heavy atom. The number of aliphatic carboxylic acids is 2. The van der Waals surface area contributed by atoms with Crippen molar-refractivity contribution in [3.63, 3.8) is 0 Å². The summed E-state index contributed by atoms with van der Waals surface area (Å²) in [5.41, 5.74) is 17.5. The van der Waals surface area contributed by atoms with Gasteiger partial charge in [0.2, 0.25) is 23.6 Å². The molecule has 0 saturated carbocycles. The maximum Gasteiger partial charge on any atom is 0.326 e. The first-order chi connectivity index (χ1) is 17.9. The van der Waals surface area contributed by atoms with Crippen molar-refractivity contribution in [2.24, 2.45) is 17.2 Å². The van der Waals surface area contributed by atoms with E-state index in [2.05, 4.69) is 16.0 Å². The predicted octanol–water partition coefficient (Wildman–Crippen LogP) is -2.04. The highest BCUT2D eigenvalue weighted by atomic mass is 16.4. The Morgan fingerprint density at radius 2 is 1.37 bits per heavy atom. The molecule has 4 unspecified atom stereocenters. The van der Waals surface area contributed by atoms with Gasteiger partial charge in [-0.05, 0) is 44.2 Å². The first kappa shape index (κ1) is 32.0. The molecule has 0 bridgehead atoms. The zero-order valence-corrected chi connectivity index (χ0v) is 20.9. The summed E-state index contributed by atoms with van der Waals surface area (Å²) in [7, 11) is 0. The molecule has 0 saturated heterocycles. The fourth-order valence-electron chi connectivity index (χ4n) is 3.48. The minimum atomic E-state index is -1.51. The molecule has 14 heteroatoms. The number of carboxylic acids is 2. The Labute approximate surface area is 219 Å². The molecule has 0 fully saturated rings. The Balaban J connectivity index is 2.97. The lowest BCUT2D eigenvalue weighted by molar-refractivity contribution is -0.143. The van der Waals surface area contributed by atoms with Gasteiger partial charge in [0.1, 0.15) is 18.1 Å². The Kier molecular flexibility index (Phi) is 14.0. The van der Waals surface area contributed by atoms with Crippen molar-refractivity contribution < 1.29 is 39.0 Å². The summed E-state index contributed by atoms with van der Waals surface area (Å²) < 4.78 is 0. The average molecular weight is 537 g/mol. The van der Waals surface area contributed by atoms with Gasteiger partial charge < -0.3 is 43.4 Å². The van der Waals surface area contributed by atoms with Crippen LogP contribution in [0, 0.1) is 0 Å². The van der Waals surface area contributed by atoms with Crippen LogP contribution in [0.2, 0.25) is 0 Å². The lowest BCUT2D eigenvalue weighted by Gasteiger charge is -2.25. The largest absolute Gasteiger partial charge is 0.481 e. The van der Waals surface area contributed by atoms with Crippen molar-refractivity contribution in [1.29, 1.82) is 0 Å². The second kappa shape index (κ2) is 16.7. The molecule has 210 valence electrons. The first-order valence-electron chi connectivity index (χ1n) is 12.1. The van der Waals surface area contributed by atoms with Crippen LogP contribution in [-0.2, 0) is 35.2 Å². The van der Waals surface area contributed by atoms with Crippen LogP contribution >= 0.6 is 0 Å². The third-order valence-electron chi connectivity index (χ3n) is 5.51. The van der Waals surface area contributed by atoms with E-state index < -0.39 is 72.6 Å². The quantitative estimate of drug-likeness (QED) is 0.0953. The van der Waals surface area contributed by atoms with Crippen molar-refractivity contribution in [2.45, 2.75) is 69.1 Å². The number of nitrogens with one attached hydrogen (secondary N) is 3. The van der Waals surface area contributed by atoms with E-state index in [1.165, 1.54) is 0 Å². The number of hydrogen-bond acceptors (Lipinski definition) is 8. The minimum absolute atomic E-state index is 0.0603. The van der Waals surface area contributed by atoms with Crippen LogP contribution in [0.5, 0.6) is 0 Å². The summed E-state index contributed by atoms with van der Waals surface area (Å²) in [6.45, 7) is 0.304. The fraction of sp³-hybridized carbons (Fsp3) is 0.500. The van der Waals surface area contributed by atoms with Gasteiger partial charge in [-0.2, -0.15) is 0 Å². The van der Waals surface area contributed by atoms with Crippen molar-refractivity contribution in [3.05, 3.63) is 35.9 Å². The maximum absolute atomic E-state index is 13.0. The summed E-state index contributed by atoms with van der Waals surface area (Å²) in [6, 6.07) is 3.62. The standard InChI is InChI=1S/C24H36N6O8/c25-11-5-4-8-16(22(35)29-17(24(37)38)9-10-20(32)33)28-23(36)18(13-19(27)31)30-21(34)15(26)12-14-6-2-1-3-7-14/h1-3,6-7,15-18H,4-5,8-13,25-26H2,(H2,27,31)(H,28,36)(H,29,35)(H,30,34)(H,32,33)(H,37,38). The van der Waals surface area contributed by atoms with Crippen molar-refractivity contribution >= 4 is 35.6 Å². The van der Waals surface area contributed by atoms with Gasteiger partial charge in [-0.3, -0.25) is 24.0 Å². The van der Waals surface area contributed by atoms with Gasteiger partial charge >= 0.3 is 11.9 Å². The molecular weight excluding hydrogens is 500 g/mol. The Morgan fingerprint density at radius 1 is 0.789 bits per heavy atom. The van der Waals surface area contributed by atoms with Crippen molar-refractivity contribution in [1.82, 2.24) is 16.0 Å². The van der Waals surface area contributed by atoms with Crippen LogP contribution in [0.15, 0.2) is 30.3 Å². The van der Waals surface area contributed by atoms with Crippen LogP contribution in [0.3, 0.4) is 0 Å². The number of unbranched alkanes of at least 4 members (excludes halogenated alkanes) is 1. The second-order valence-corrected chi connectivity index (χ2v) is 8.71. The highest BCUT2D eigenvalue weighted by Crippen LogP contribution is 2.07. The van der Waals surface area contributed by atoms with Gasteiger partial charge in [0.15, 0.2) is 0 Å². The molecule has 1 rings (SSSR count). The number of carboxylic acid groups (broad SMARTS) is 2. The molecule has 0 aromatic heterocycles. The van der Waals surface area contributed by atoms with Gasteiger partial charge in [0, 0.05) is 6.42 Å². The number of primary amides is 1. The molecule has 0 aliphatic carbocycles. The maximum atomic E-state index is 13.0. The van der Waals surface area contributed by atoms with Gasteiger partial charge in [0.05, 0.1) is 12.5 Å². The molecule has 4 atom stereocenters. The molecule has 0 aliphatic heterocycles. The van der Waals surface area contributed by atoms with Gasteiger partial charge in [-0.1, -0.05) is 30.3 Å². The molecule has 11 N–H and O–H groups in total. The molecule has 0 spiro atoms. The average Bonchev–Trinajstić information content (AvgIpc) is 2.85. The molecule has 0 radical (unpaired) electrons. The lowest BCUT2D eigenvalue weighted by Crippen LogP contribution is -2.57. The molecule has 38 heavy (non-hydrogen) atoms. The Hall–Kier alpha value is -4.04. The SMILES string of the molecule is NCCCCC(NC(=O)C(CC(N)=O)NC(=O)C(N)Cc1ccccc1)C(=O)NC(CCC(=O)O)C(=O)O. The monoisotopic (exact) mass is 536 g/mol. The number of nitrogens with two attached hydrogens (primary N) is 3. The third kappa shape index (κ3) is 12.3. The normalized spacial score (nSPS) is 13.8. The zero-order valence-electron chi connectivity index (χ0n) is 20.9. The molecule has 0 heterocycles. The van der Waals surface area contributed by atoms with Gasteiger partial charge in [-0.25, -0.2) is 4.79 Å². The van der Waals surface area contributed by atoms with E-state index in [0.717, 1.165) is 5.56 Å². The van der Waals surface area contributed by atoms with E-state index in [0.29, 0.717) is 19.4 Å². The number of amides is 4. The number of hydrogen-bond donors (Lipinski definition) is 8. The summed E-state index contributed by atoms with van der Waals surface area (Å²) in [5.74, 6) is -6.09. The van der Waals surface area contributed by atoms with E-state index in [-0.39, 0.29) is 19.3 Å². The Bertz CT molecular complexity index is 974. The number of rotatable bonds is 18. The van der Waals surface area contributed by atoms with Crippen LogP contribution < -0.4 is 33.2 Å². The highest BCUT2D eigenvalue weighted by molar-refractivity contribution is 5.96. The van der Waals surface area contributed by atoms with Crippen LogP contribution in [0.1, 0.15) is 44.1 Å². The minimum Gasteiger partial charge on any atom is -0.481 e. The summed E-state index contributed by atoms with van der Waals surface area (Å²) in [5, 5.41) is 25.2. The van der Waals surface area contributed by atoms with Crippen LogP contribution in [0.4, 0.5) is 0 Å². The predicted molar refractivity (Wildman–Crippen MR) is 135 cm³/mol. The molecular formula is C24H36N6O8. The number of benzene rings is 1. The van der Waals surface area contributed by atoms with E-state index in [4.69, 9.17) is 22.3 Å². The van der Waals surface area contributed by atoms with Gasteiger partial charge in [-0.15, -0.1) is 0 Å². The van der Waals surface area contributed by atoms with E-state index in [1.807, 2.05) is 0 Å². The molecule has 1 aromatic rings. The van der Waals surface area contributed by atoms with Crippen LogP contribution in [-0.4, -0.2) is 76.5 Å². The van der Waals surface area contributed by atoms with Crippen molar-refractivity contribution in [2.75, 3.05) is 6.54 Å². The third-order valence-corrected chi connectivity index (χ3v) is 5.51. The number of carbonyl (C=O) groups is 6. The fourth-order valence-corrected chi connectivity index (χ4v) is 3.48. The summed E-state index contributed by atoms with van der Waals surface area (Å²) in [6.07, 6.45) is -0.354. The lowest BCUT2D eigenvalue weighted by atomic mass is 10.0. The molecule has 4 amide bonds. The highest BCUT2D eigenvalue weighted by Gasteiger charge is 2.31. The zero-order chi connectivity index (χ0) is 28.7. The summed E-state index contributed by atoms with van der Waals surface area (Å²) in [4.78, 5) is 72.4. The van der Waals surface area contributed by atoms with E-state index in [9.17, 15) is 33.9 Å². The van der Waals surface area contributed by atoms with E-state index >= 15 is 0 Å². The number of carbonyl (C=O) groups excluding carboxylic acids is 4. The van der Waals surface area contributed by atoms with E-state index in [1.54, 1.807) is 30.3 Å². The first-order valence-corrected chi connectivity index (χ1v) is 12.1. The smallest absolute Gasteiger partial charge is 0.326 e. The second-order valence-electron chi connectivity index (χ2n) is 8.71.